The van der Waals surface area contributed by atoms with E-state index in [1.54, 1.807) is 0 Å². The summed E-state index contributed by atoms with van der Waals surface area (Å²) in [7, 11) is 0. The molecule has 2 aromatic heterocycles. The molecule has 202 valence electrons. The molecule has 0 saturated carbocycles. The standard InChI is InChI=1S/C26H17FN4O6S3/c27-13-3-5-14(6-4-13)28-18(32)12-29-25-22(40-26(29)35)19(17-2-1-11-38-17)20-21(39-25)24(34)30(23(20)33)15-7-9-16(10-8-15)31(36)37/h1-11,19-21H,12H2,(H,28,32). The number of benzene rings is 2. The van der Waals surface area contributed by atoms with Gasteiger partial charge in [-0.05, 0) is 47.8 Å². The molecule has 3 unspecified atom stereocenters. The summed E-state index contributed by atoms with van der Waals surface area (Å²) < 4.78 is 14.5. The average molecular weight is 597 g/mol. The molecule has 6 rings (SSSR count). The van der Waals surface area contributed by atoms with Crippen molar-refractivity contribution >= 4 is 69.2 Å². The number of carbonyl (C=O) groups is 3. The normalized spacial score (nSPS) is 19.8. The number of nitrogens with zero attached hydrogens (tertiary/aromatic N) is 3. The van der Waals surface area contributed by atoms with Crippen LogP contribution in [0.25, 0.3) is 0 Å². The highest BCUT2D eigenvalue weighted by molar-refractivity contribution is 8.00. The van der Waals surface area contributed by atoms with Crippen LogP contribution in [0.2, 0.25) is 0 Å². The van der Waals surface area contributed by atoms with Gasteiger partial charge in [-0.3, -0.25) is 33.9 Å². The van der Waals surface area contributed by atoms with E-state index in [2.05, 4.69) is 5.32 Å². The number of thiophene rings is 1. The Kier molecular flexibility index (Phi) is 6.60. The number of carbonyl (C=O) groups excluding carboxylic acids is 3. The zero-order valence-electron chi connectivity index (χ0n) is 20.2. The number of hydrogen-bond donors (Lipinski definition) is 1. The van der Waals surface area contributed by atoms with E-state index in [4.69, 9.17) is 0 Å². The van der Waals surface area contributed by atoms with Crippen molar-refractivity contribution in [3.8, 4) is 0 Å². The first-order chi connectivity index (χ1) is 19.2. The second-order valence-corrected chi connectivity index (χ2v) is 12.1. The fourth-order valence-electron chi connectivity index (χ4n) is 4.89. The van der Waals surface area contributed by atoms with Crippen molar-refractivity contribution in [2.24, 2.45) is 5.92 Å². The molecule has 4 aromatic rings. The number of thioether (sulfide) groups is 1. The van der Waals surface area contributed by atoms with Gasteiger partial charge in [-0.15, -0.1) is 11.3 Å². The molecular formula is C26H17FN4O6S3. The number of rotatable bonds is 6. The lowest BCUT2D eigenvalue weighted by Crippen LogP contribution is -2.32. The number of hydrogen-bond acceptors (Lipinski definition) is 9. The van der Waals surface area contributed by atoms with E-state index < -0.39 is 50.4 Å². The highest BCUT2D eigenvalue weighted by Crippen LogP contribution is 2.54. The van der Waals surface area contributed by atoms with Gasteiger partial charge in [0.25, 0.3) is 5.69 Å². The fourth-order valence-corrected chi connectivity index (χ4v) is 8.61. The summed E-state index contributed by atoms with van der Waals surface area (Å²) in [4.78, 5) is 65.9. The minimum absolute atomic E-state index is 0.170. The third-order valence-corrected chi connectivity index (χ3v) is 10.2. The van der Waals surface area contributed by atoms with Gasteiger partial charge in [0.1, 0.15) is 17.6 Å². The summed E-state index contributed by atoms with van der Waals surface area (Å²) in [5.41, 5.74) is 0.416. The molecule has 2 aromatic carbocycles. The molecule has 0 bridgehead atoms. The quantitative estimate of drug-likeness (QED) is 0.198. The number of nitro benzene ring substituents is 1. The van der Waals surface area contributed by atoms with Crippen LogP contribution >= 0.6 is 34.4 Å². The number of imide groups is 1. The molecule has 4 heterocycles. The first kappa shape index (κ1) is 26.1. The molecule has 10 nitrogen and oxygen atoms in total. The summed E-state index contributed by atoms with van der Waals surface area (Å²) in [6.45, 7) is -0.336. The Bertz CT molecular complexity index is 1720. The molecule has 0 aliphatic carbocycles. The highest BCUT2D eigenvalue weighted by atomic mass is 32.2. The molecule has 2 aliphatic rings. The second-order valence-electron chi connectivity index (χ2n) is 9.02. The molecule has 0 spiro atoms. The van der Waals surface area contributed by atoms with Crippen molar-refractivity contribution in [2.45, 2.75) is 22.7 Å². The monoisotopic (exact) mass is 596 g/mol. The Morgan fingerprint density at radius 1 is 1.02 bits per heavy atom. The molecule has 2 aliphatic heterocycles. The molecule has 1 N–H and O–H groups in total. The van der Waals surface area contributed by atoms with Crippen LogP contribution in [0.3, 0.4) is 0 Å². The van der Waals surface area contributed by atoms with Gasteiger partial charge in [-0.1, -0.05) is 29.2 Å². The number of halogens is 1. The van der Waals surface area contributed by atoms with Crippen molar-refractivity contribution < 1.29 is 23.7 Å². The van der Waals surface area contributed by atoms with Gasteiger partial charge in [0.2, 0.25) is 17.7 Å². The molecule has 1 fully saturated rings. The van der Waals surface area contributed by atoms with Gasteiger partial charge in [-0.25, -0.2) is 9.29 Å². The minimum atomic E-state index is -0.872. The number of amides is 3. The third kappa shape index (κ3) is 4.43. The second kappa shape index (κ2) is 10.1. The van der Waals surface area contributed by atoms with Gasteiger partial charge >= 0.3 is 4.87 Å². The van der Waals surface area contributed by atoms with Crippen LogP contribution in [0.1, 0.15) is 15.7 Å². The van der Waals surface area contributed by atoms with Crippen molar-refractivity contribution in [1.82, 2.24) is 4.57 Å². The van der Waals surface area contributed by atoms with Crippen molar-refractivity contribution in [2.75, 3.05) is 10.2 Å². The smallest absolute Gasteiger partial charge is 0.308 e. The lowest BCUT2D eigenvalue weighted by Gasteiger charge is -2.29. The molecular weight excluding hydrogens is 580 g/mol. The number of nitrogens with one attached hydrogen (secondary N) is 1. The lowest BCUT2D eigenvalue weighted by molar-refractivity contribution is -0.384. The zero-order chi connectivity index (χ0) is 28.1. The molecule has 0 radical (unpaired) electrons. The van der Waals surface area contributed by atoms with Crippen LogP contribution in [0.4, 0.5) is 21.5 Å². The van der Waals surface area contributed by atoms with Gasteiger partial charge < -0.3 is 5.32 Å². The van der Waals surface area contributed by atoms with E-state index in [0.717, 1.165) is 32.9 Å². The maximum Gasteiger partial charge on any atom is 0.308 e. The summed E-state index contributed by atoms with van der Waals surface area (Å²) in [6, 6.07) is 14.1. The van der Waals surface area contributed by atoms with Gasteiger partial charge in [0.15, 0.2) is 0 Å². The van der Waals surface area contributed by atoms with Crippen LogP contribution in [-0.4, -0.2) is 32.5 Å². The van der Waals surface area contributed by atoms with E-state index in [9.17, 15) is 33.7 Å². The van der Waals surface area contributed by atoms with Gasteiger partial charge in [0.05, 0.1) is 21.6 Å². The largest absolute Gasteiger partial charge is 0.325 e. The van der Waals surface area contributed by atoms with Gasteiger partial charge in [-0.2, -0.15) is 0 Å². The number of fused-ring (bicyclic) bond motifs is 2. The maximum absolute atomic E-state index is 13.8. The van der Waals surface area contributed by atoms with Crippen LogP contribution in [0.5, 0.6) is 0 Å². The highest BCUT2D eigenvalue weighted by Gasteiger charge is 2.57. The first-order valence-electron chi connectivity index (χ1n) is 11.8. The van der Waals surface area contributed by atoms with E-state index in [0.29, 0.717) is 15.6 Å². The van der Waals surface area contributed by atoms with Crippen molar-refractivity contribution in [3.05, 3.63) is 101 Å². The number of non-ortho nitro benzene ring substituents is 1. The predicted octanol–water partition coefficient (Wildman–Crippen LogP) is 4.45. The molecule has 1 saturated heterocycles. The Morgan fingerprint density at radius 2 is 1.75 bits per heavy atom. The average Bonchev–Trinajstić information content (AvgIpc) is 3.63. The van der Waals surface area contributed by atoms with Crippen LogP contribution in [0, 0.1) is 21.8 Å². The third-order valence-electron chi connectivity index (χ3n) is 6.65. The van der Waals surface area contributed by atoms with Crippen molar-refractivity contribution in [1.29, 1.82) is 0 Å². The summed E-state index contributed by atoms with van der Waals surface area (Å²) in [5, 5.41) is 15.1. The predicted molar refractivity (Wildman–Crippen MR) is 148 cm³/mol. The molecule has 3 atom stereocenters. The summed E-state index contributed by atoms with van der Waals surface area (Å²) in [5.74, 6) is -3.31. The molecule has 14 heteroatoms. The fraction of sp³-hybridized carbons (Fsp3) is 0.154. The van der Waals surface area contributed by atoms with E-state index in [-0.39, 0.29) is 17.9 Å². The van der Waals surface area contributed by atoms with E-state index in [1.807, 2.05) is 17.5 Å². The van der Waals surface area contributed by atoms with Crippen LogP contribution in [0.15, 0.2) is 75.9 Å². The zero-order valence-corrected chi connectivity index (χ0v) is 22.6. The van der Waals surface area contributed by atoms with Crippen LogP contribution in [-0.2, 0) is 20.9 Å². The number of nitro groups is 1. The van der Waals surface area contributed by atoms with Gasteiger partial charge in [0, 0.05) is 33.5 Å². The topological polar surface area (TPSA) is 132 Å². The maximum atomic E-state index is 13.8. The molecule has 40 heavy (non-hydrogen) atoms. The van der Waals surface area contributed by atoms with Crippen LogP contribution < -0.4 is 15.1 Å². The Hall–Kier alpha value is -4.14. The van der Waals surface area contributed by atoms with Crippen molar-refractivity contribution in [3.63, 3.8) is 0 Å². The lowest BCUT2D eigenvalue weighted by atomic mass is 9.87. The Labute approximate surface area is 237 Å². The Morgan fingerprint density at radius 3 is 2.40 bits per heavy atom. The number of anilines is 2. The first-order valence-corrected chi connectivity index (χ1v) is 14.4. The summed E-state index contributed by atoms with van der Waals surface area (Å²) in [6.07, 6.45) is 0. The summed E-state index contributed by atoms with van der Waals surface area (Å²) >= 11 is 3.41. The minimum Gasteiger partial charge on any atom is -0.325 e. The SMILES string of the molecule is O=C(Cn1c2c(sc1=O)C(c1cccs1)C1C(=O)N(c3ccc([N+](=O)[O-])cc3)C(=O)C1S2)Nc1ccc(F)cc1. The van der Waals surface area contributed by atoms with E-state index in [1.165, 1.54) is 64.4 Å². The Balaban J connectivity index is 1.36. The number of aromatic nitrogens is 1. The number of thiazole rings is 1. The van der Waals surface area contributed by atoms with E-state index >= 15 is 0 Å². The molecule has 3 amide bonds.